The zero-order valence-electron chi connectivity index (χ0n) is 14.5. The number of anilines is 1. The molecule has 0 bridgehead atoms. The Bertz CT molecular complexity index is 1000. The maximum atomic E-state index is 12.8. The Hall–Kier alpha value is -2.26. The second-order valence-electron chi connectivity index (χ2n) is 6.33. The first-order valence-electron chi connectivity index (χ1n) is 8.37. The molecule has 1 N–H and O–H groups in total. The molecule has 28 heavy (non-hydrogen) atoms. The van der Waals surface area contributed by atoms with Crippen LogP contribution in [0.2, 0.25) is 5.02 Å². The lowest BCUT2D eigenvalue weighted by molar-refractivity contribution is -0.137. The van der Waals surface area contributed by atoms with Crippen LogP contribution < -0.4 is 4.72 Å². The molecule has 3 rings (SSSR count). The number of sulfonamides is 1. The Labute approximate surface area is 165 Å². The maximum Gasteiger partial charge on any atom is 0.416 e. The van der Waals surface area contributed by atoms with E-state index in [1.807, 2.05) is 0 Å². The standard InChI is InChI=1S/C18H16ClF3N2O3S/c19-16-7-6-14(11-15(16)17(25)24-8-1-2-9-24)28(26,27)23-13-5-3-4-12(10-13)18(20,21)22/h3-7,10-11,23H,1-2,8-9H2. The second-order valence-corrected chi connectivity index (χ2v) is 8.41. The van der Waals surface area contributed by atoms with E-state index in [2.05, 4.69) is 4.72 Å². The number of nitrogens with one attached hydrogen (secondary N) is 1. The number of carbonyl (C=O) groups excluding carboxylic acids is 1. The Morgan fingerprint density at radius 2 is 1.75 bits per heavy atom. The molecule has 1 saturated heterocycles. The first-order valence-corrected chi connectivity index (χ1v) is 10.2. The van der Waals surface area contributed by atoms with Crippen LogP contribution in [0.15, 0.2) is 47.4 Å². The molecule has 1 heterocycles. The van der Waals surface area contributed by atoms with Crippen molar-refractivity contribution in [2.75, 3.05) is 17.8 Å². The molecule has 2 aromatic carbocycles. The van der Waals surface area contributed by atoms with E-state index in [-0.39, 0.29) is 27.1 Å². The van der Waals surface area contributed by atoms with Crippen LogP contribution in [0.1, 0.15) is 28.8 Å². The predicted molar refractivity (Wildman–Crippen MR) is 98.8 cm³/mol. The molecule has 0 aliphatic carbocycles. The van der Waals surface area contributed by atoms with Gasteiger partial charge >= 0.3 is 6.18 Å². The number of benzene rings is 2. The van der Waals surface area contributed by atoms with E-state index in [1.165, 1.54) is 18.2 Å². The number of likely N-dealkylation sites (tertiary alicyclic amines) is 1. The number of carbonyl (C=O) groups is 1. The van der Waals surface area contributed by atoms with Gasteiger partial charge in [-0.3, -0.25) is 9.52 Å². The Balaban J connectivity index is 1.90. The van der Waals surface area contributed by atoms with Crippen molar-refractivity contribution in [1.82, 2.24) is 4.90 Å². The molecule has 10 heteroatoms. The molecule has 0 saturated carbocycles. The highest BCUT2D eigenvalue weighted by Crippen LogP contribution is 2.31. The maximum absolute atomic E-state index is 12.8. The fourth-order valence-electron chi connectivity index (χ4n) is 2.90. The molecule has 0 spiro atoms. The molecule has 1 fully saturated rings. The van der Waals surface area contributed by atoms with Crippen molar-refractivity contribution >= 4 is 33.2 Å². The van der Waals surface area contributed by atoms with Crippen molar-refractivity contribution in [3.8, 4) is 0 Å². The van der Waals surface area contributed by atoms with E-state index in [0.29, 0.717) is 19.2 Å². The van der Waals surface area contributed by atoms with Gasteiger partial charge in [-0.1, -0.05) is 17.7 Å². The van der Waals surface area contributed by atoms with E-state index in [4.69, 9.17) is 11.6 Å². The SMILES string of the molecule is O=C(c1cc(S(=O)(=O)Nc2cccc(C(F)(F)F)c2)ccc1Cl)N1CCCC1. The average Bonchev–Trinajstić information content (AvgIpc) is 3.15. The second kappa shape index (κ2) is 7.63. The van der Waals surface area contributed by atoms with Crippen LogP contribution >= 0.6 is 11.6 Å². The van der Waals surface area contributed by atoms with Crippen molar-refractivity contribution in [3.05, 3.63) is 58.6 Å². The van der Waals surface area contributed by atoms with Gasteiger partial charge in [0.15, 0.2) is 0 Å². The monoisotopic (exact) mass is 432 g/mol. The Kier molecular flexibility index (Phi) is 5.58. The quantitative estimate of drug-likeness (QED) is 0.779. The smallest absolute Gasteiger partial charge is 0.339 e. The highest BCUT2D eigenvalue weighted by molar-refractivity contribution is 7.92. The summed E-state index contributed by atoms with van der Waals surface area (Å²) in [5.41, 5.74) is -1.18. The molecule has 150 valence electrons. The summed E-state index contributed by atoms with van der Waals surface area (Å²) in [7, 11) is -4.22. The van der Waals surface area contributed by atoms with Crippen LogP contribution in [0.25, 0.3) is 0 Å². The predicted octanol–water partition coefficient (Wildman–Crippen LogP) is 4.40. The van der Waals surface area contributed by atoms with Gasteiger partial charge in [0, 0.05) is 18.8 Å². The minimum atomic E-state index is -4.60. The van der Waals surface area contributed by atoms with Crippen LogP contribution in [-0.4, -0.2) is 32.3 Å². The largest absolute Gasteiger partial charge is 0.416 e. The summed E-state index contributed by atoms with van der Waals surface area (Å²) >= 11 is 6.06. The normalized spacial score (nSPS) is 14.9. The fourth-order valence-corrected chi connectivity index (χ4v) is 4.17. The minimum absolute atomic E-state index is 0.0375. The van der Waals surface area contributed by atoms with Crippen molar-refractivity contribution in [1.29, 1.82) is 0 Å². The van der Waals surface area contributed by atoms with Gasteiger partial charge in [-0.25, -0.2) is 8.42 Å². The number of hydrogen-bond donors (Lipinski definition) is 1. The number of rotatable bonds is 4. The number of halogens is 4. The van der Waals surface area contributed by atoms with Crippen molar-refractivity contribution < 1.29 is 26.4 Å². The third-order valence-corrected chi connectivity index (χ3v) is 6.02. The molecule has 1 amide bonds. The minimum Gasteiger partial charge on any atom is -0.339 e. The molecular formula is C18H16ClF3N2O3S. The average molecular weight is 433 g/mol. The number of alkyl halides is 3. The molecule has 0 radical (unpaired) electrons. The number of hydrogen-bond acceptors (Lipinski definition) is 3. The molecule has 0 atom stereocenters. The molecule has 0 unspecified atom stereocenters. The number of nitrogens with zero attached hydrogens (tertiary/aromatic N) is 1. The van der Waals surface area contributed by atoms with Crippen molar-refractivity contribution in [3.63, 3.8) is 0 Å². The summed E-state index contributed by atoms with van der Waals surface area (Å²) in [6.07, 6.45) is -2.88. The summed E-state index contributed by atoms with van der Waals surface area (Å²) in [4.78, 5) is 13.9. The fraction of sp³-hybridized carbons (Fsp3) is 0.278. The third kappa shape index (κ3) is 4.41. The van der Waals surface area contributed by atoms with E-state index in [9.17, 15) is 26.4 Å². The molecule has 1 aliphatic heterocycles. The molecular weight excluding hydrogens is 417 g/mol. The first kappa shape index (κ1) is 20.5. The highest BCUT2D eigenvalue weighted by Gasteiger charge is 2.31. The van der Waals surface area contributed by atoms with Gasteiger partial charge in [0.05, 0.1) is 21.0 Å². The highest BCUT2D eigenvalue weighted by atomic mass is 35.5. The molecule has 0 aromatic heterocycles. The summed E-state index contributed by atoms with van der Waals surface area (Å²) < 4.78 is 65.8. The van der Waals surface area contributed by atoms with Gasteiger partial charge in [0.1, 0.15) is 0 Å². The molecule has 1 aliphatic rings. The van der Waals surface area contributed by atoms with Gasteiger partial charge in [-0.05, 0) is 49.2 Å². The van der Waals surface area contributed by atoms with Crippen LogP contribution in [0.3, 0.4) is 0 Å². The topological polar surface area (TPSA) is 66.5 Å². The molecule has 5 nitrogen and oxygen atoms in total. The third-order valence-electron chi connectivity index (χ3n) is 4.31. The van der Waals surface area contributed by atoms with E-state index in [0.717, 1.165) is 31.0 Å². The zero-order chi connectivity index (χ0) is 20.5. The first-order chi connectivity index (χ1) is 13.1. The van der Waals surface area contributed by atoms with Gasteiger partial charge in [0.2, 0.25) is 0 Å². The van der Waals surface area contributed by atoms with Gasteiger partial charge in [-0.15, -0.1) is 0 Å². The van der Waals surface area contributed by atoms with Crippen molar-refractivity contribution in [2.45, 2.75) is 23.9 Å². The van der Waals surface area contributed by atoms with Crippen LogP contribution in [-0.2, 0) is 16.2 Å². The summed E-state index contributed by atoms with van der Waals surface area (Å²) in [6.45, 7) is 1.13. The van der Waals surface area contributed by atoms with E-state index in [1.54, 1.807) is 4.90 Å². The van der Waals surface area contributed by atoms with Crippen LogP contribution in [0, 0.1) is 0 Å². The number of amides is 1. The van der Waals surface area contributed by atoms with Gasteiger partial charge < -0.3 is 4.90 Å². The molecule has 2 aromatic rings. The lowest BCUT2D eigenvalue weighted by Crippen LogP contribution is -2.28. The van der Waals surface area contributed by atoms with Gasteiger partial charge in [-0.2, -0.15) is 13.2 Å². The lowest BCUT2D eigenvalue weighted by atomic mass is 10.2. The van der Waals surface area contributed by atoms with Gasteiger partial charge in [0.25, 0.3) is 15.9 Å². The van der Waals surface area contributed by atoms with E-state index < -0.39 is 21.8 Å². The van der Waals surface area contributed by atoms with Crippen LogP contribution in [0.4, 0.5) is 18.9 Å². The van der Waals surface area contributed by atoms with E-state index >= 15 is 0 Å². The zero-order valence-corrected chi connectivity index (χ0v) is 16.0. The summed E-state index contributed by atoms with van der Waals surface area (Å²) in [5.74, 6) is -0.376. The lowest BCUT2D eigenvalue weighted by Gasteiger charge is -2.17. The van der Waals surface area contributed by atoms with Crippen LogP contribution in [0.5, 0.6) is 0 Å². The summed E-state index contributed by atoms with van der Waals surface area (Å²) in [5, 5.41) is 0.106. The Morgan fingerprint density at radius 1 is 1.07 bits per heavy atom. The Morgan fingerprint density at radius 3 is 2.39 bits per heavy atom. The summed E-state index contributed by atoms with van der Waals surface area (Å²) in [6, 6.07) is 7.46. The van der Waals surface area contributed by atoms with Crippen molar-refractivity contribution in [2.24, 2.45) is 0 Å².